The van der Waals surface area contributed by atoms with Crippen LogP contribution in [0.5, 0.6) is 0 Å². The molecule has 1 saturated heterocycles. The lowest BCUT2D eigenvalue weighted by Crippen LogP contribution is -2.61. The fraction of sp³-hybridized carbons (Fsp3) is 0.581. The summed E-state index contributed by atoms with van der Waals surface area (Å²) in [7, 11) is 7.83. The van der Waals surface area contributed by atoms with E-state index in [4.69, 9.17) is 0 Å². The predicted molar refractivity (Wildman–Crippen MR) is 305 cm³/mol. The van der Waals surface area contributed by atoms with Gasteiger partial charge in [0, 0.05) is 74.0 Å². The van der Waals surface area contributed by atoms with Crippen LogP contribution in [0.25, 0.3) is 0 Å². The van der Waals surface area contributed by atoms with Crippen LogP contribution in [0.15, 0.2) is 84.9 Å². The Morgan fingerprint density at radius 1 is 0.487 bits per heavy atom. The molecule has 0 unspecified atom stereocenters. The van der Waals surface area contributed by atoms with Crippen molar-refractivity contribution in [1.29, 1.82) is 0 Å². The fourth-order valence-corrected chi connectivity index (χ4v) is 10.8. The predicted octanol–water partition coefficient (Wildman–Crippen LogP) is 6.33. The largest absolute Gasteiger partial charge is 0.345 e. The molecule has 78 heavy (non-hydrogen) atoms. The van der Waals surface area contributed by atoms with E-state index in [-0.39, 0.29) is 74.5 Å². The minimum Gasteiger partial charge on any atom is -0.345 e. The van der Waals surface area contributed by atoms with Crippen LogP contribution in [-0.2, 0) is 64.0 Å². The molecule has 3 aromatic rings. The van der Waals surface area contributed by atoms with E-state index in [9.17, 15) is 24.0 Å². The highest BCUT2D eigenvalue weighted by atomic mass is 16.2. The molecule has 0 aliphatic carbocycles. The van der Waals surface area contributed by atoms with Gasteiger partial charge in [-0.3, -0.25) is 38.4 Å². The number of piperidine rings is 1. The Kier molecular flexibility index (Phi) is 23.9. The number of carbonyl (C=O) groups is 8. The molecule has 0 aromatic heterocycles. The van der Waals surface area contributed by atoms with E-state index >= 15 is 14.4 Å². The van der Waals surface area contributed by atoms with Crippen molar-refractivity contribution in [2.45, 2.75) is 161 Å². The van der Waals surface area contributed by atoms with Gasteiger partial charge in [-0.25, -0.2) is 0 Å². The lowest BCUT2D eigenvalue weighted by Gasteiger charge is -2.40. The number of nitrogens with one attached hydrogen (secondary N) is 2. The number of hydrogen-bond donors (Lipinski definition) is 2. The topological polar surface area (TPSA) is 180 Å². The summed E-state index contributed by atoms with van der Waals surface area (Å²) < 4.78 is 0. The van der Waals surface area contributed by atoms with Crippen LogP contribution in [0, 0.1) is 17.8 Å². The van der Waals surface area contributed by atoms with Crippen molar-refractivity contribution in [2.24, 2.45) is 17.8 Å². The highest BCUT2D eigenvalue weighted by molar-refractivity contribution is 5.97. The summed E-state index contributed by atoms with van der Waals surface area (Å²) >= 11 is 0. The first-order valence-electron chi connectivity index (χ1n) is 28.4. The zero-order chi connectivity index (χ0) is 57.2. The maximum atomic E-state index is 15.2. The molecular formula is C62H90N8O8. The van der Waals surface area contributed by atoms with E-state index in [0.717, 1.165) is 41.5 Å². The van der Waals surface area contributed by atoms with Crippen molar-refractivity contribution in [1.82, 2.24) is 40.0 Å². The Morgan fingerprint density at radius 3 is 1.49 bits per heavy atom. The van der Waals surface area contributed by atoms with E-state index in [0.29, 0.717) is 32.4 Å². The minimum atomic E-state index is -1.11. The number of aryl methyl sites for hydroxylation is 1. The van der Waals surface area contributed by atoms with Gasteiger partial charge in [-0.15, -0.1) is 0 Å². The van der Waals surface area contributed by atoms with Gasteiger partial charge < -0.3 is 40.0 Å². The Labute approximate surface area is 465 Å². The molecule has 16 nitrogen and oxygen atoms in total. The number of benzene rings is 3. The molecule has 16 heteroatoms. The second-order valence-electron chi connectivity index (χ2n) is 23.1. The summed E-state index contributed by atoms with van der Waals surface area (Å²) in [5.74, 6) is -3.55. The molecule has 2 aliphatic heterocycles. The van der Waals surface area contributed by atoms with Gasteiger partial charge in [0.25, 0.3) is 0 Å². The third kappa shape index (κ3) is 17.7. The normalized spacial score (nSPS) is 23.1. The third-order valence-electron chi connectivity index (χ3n) is 15.5. The Morgan fingerprint density at radius 2 is 0.949 bits per heavy atom. The molecule has 6 atom stereocenters. The molecule has 2 heterocycles. The number of likely N-dealkylation sites (N-methyl/N-ethyl adjacent to an activating group) is 5. The highest BCUT2D eigenvalue weighted by Gasteiger charge is 2.42. The van der Waals surface area contributed by atoms with Gasteiger partial charge in [-0.2, -0.15) is 0 Å². The summed E-state index contributed by atoms with van der Waals surface area (Å²) in [4.78, 5) is 126. The number of fused-ring (bicyclic) bond motifs is 2. The Bertz CT molecular complexity index is 2480. The van der Waals surface area contributed by atoms with Crippen LogP contribution in [0.1, 0.15) is 122 Å². The van der Waals surface area contributed by atoms with Crippen LogP contribution in [0.2, 0.25) is 0 Å². The number of carbonyl (C=O) groups excluding carboxylic acids is 8. The van der Waals surface area contributed by atoms with Gasteiger partial charge in [0.05, 0.1) is 6.54 Å². The van der Waals surface area contributed by atoms with Crippen molar-refractivity contribution >= 4 is 47.3 Å². The quantitative estimate of drug-likeness (QED) is 0.224. The molecule has 0 radical (unpaired) electrons. The van der Waals surface area contributed by atoms with Crippen molar-refractivity contribution in [3.63, 3.8) is 0 Å². The van der Waals surface area contributed by atoms with E-state index in [2.05, 4.69) is 10.6 Å². The SMILES string of the molecule is CC(C)C[C@H]1C(=O)N[C@H](C(=O)N2CCCCC2)Cc2cccc(c2)CCCCC(=O)N(C)[C@@H](Cc2ccccc2)C(=O)NCC(=O)N(C)[C@@H](Cc2ccccc2)C(=O)N(C)[C@@H](CC(C)C)C(=O)N(C)[C@@H](CC(C)C)C(=O)N1C. The maximum absolute atomic E-state index is 15.2. The second-order valence-corrected chi connectivity index (χ2v) is 23.1. The molecule has 426 valence electrons. The van der Waals surface area contributed by atoms with Crippen LogP contribution in [0.4, 0.5) is 0 Å². The van der Waals surface area contributed by atoms with Crippen molar-refractivity contribution < 1.29 is 38.4 Å². The first kappa shape index (κ1) is 62.3. The first-order chi connectivity index (χ1) is 37.1. The van der Waals surface area contributed by atoms with Crippen LogP contribution in [0.3, 0.4) is 0 Å². The molecule has 2 bridgehead atoms. The molecular weight excluding hydrogens is 985 g/mol. The molecule has 2 aliphatic rings. The number of amides is 8. The zero-order valence-corrected chi connectivity index (χ0v) is 48.5. The average molecular weight is 1080 g/mol. The third-order valence-corrected chi connectivity index (χ3v) is 15.5. The second kappa shape index (κ2) is 30.0. The molecule has 0 spiro atoms. The lowest BCUT2D eigenvalue weighted by atomic mass is 9.95. The number of rotatable bonds is 11. The smallest absolute Gasteiger partial charge is 0.246 e. The van der Waals surface area contributed by atoms with Crippen LogP contribution >= 0.6 is 0 Å². The number of nitrogens with zero attached hydrogens (tertiary/aromatic N) is 6. The van der Waals surface area contributed by atoms with Crippen molar-refractivity contribution in [3.8, 4) is 0 Å². The number of likely N-dealkylation sites (tertiary alicyclic amines) is 1. The van der Waals surface area contributed by atoms with E-state index in [1.165, 1.54) is 31.5 Å². The van der Waals surface area contributed by atoms with E-state index in [1.807, 2.05) is 131 Å². The van der Waals surface area contributed by atoms with Crippen LogP contribution in [-0.4, -0.2) is 168 Å². The molecule has 8 amide bonds. The van der Waals surface area contributed by atoms with Crippen LogP contribution < -0.4 is 10.6 Å². The van der Waals surface area contributed by atoms with Gasteiger partial charge >= 0.3 is 0 Å². The first-order valence-corrected chi connectivity index (χ1v) is 28.4. The van der Waals surface area contributed by atoms with Gasteiger partial charge in [0.1, 0.15) is 36.3 Å². The zero-order valence-electron chi connectivity index (χ0n) is 48.5. The average Bonchev–Trinajstić information content (AvgIpc) is 3.44. The molecule has 2 N–H and O–H groups in total. The molecule has 3 aromatic carbocycles. The van der Waals surface area contributed by atoms with E-state index < -0.39 is 78.2 Å². The fourth-order valence-electron chi connectivity index (χ4n) is 10.8. The minimum absolute atomic E-state index is 0.0307. The standard InChI is InChI=1S/C62H90N8O8/c1-42(2)34-50-58(74)64-49(59(75)70-32-21-14-22-33-70)38-48-30-23-29-45(37-48)28-19-20-31-55(71)65(7)51(39-46-24-15-12-16-25-46)57(73)63-41-56(72)66(8)54(40-47-26-17-13-18-27-47)62(78)69(11)53(36-44(5)6)61(77)68(10)52(35-43(3)4)60(76)67(50)9/h12-13,15-18,23-27,29-30,37,42-44,49-54H,14,19-22,28,31-36,38-41H2,1-11H3,(H,63,73)(H,64,74)/t49-,50-,51-,52-,53-,54-/m0/s1. The van der Waals surface area contributed by atoms with E-state index in [1.54, 1.807) is 28.2 Å². The Hall–Kier alpha value is -6.58. The van der Waals surface area contributed by atoms with Crippen molar-refractivity contribution in [3.05, 3.63) is 107 Å². The number of hydrogen-bond acceptors (Lipinski definition) is 8. The summed E-state index contributed by atoms with van der Waals surface area (Å²) in [5, 5.41) is 5.93. The van der Waals surface area contributed by atoms with Gasteiger partial charge in [0.15, 0.2) is 0 Å². The molecule has 1 fully saturated rings. The summed E-state index contributed by atoms with van der Waals surface area (Å²) in [5.41, 5.74) is 3.46. The lowest BCUT2D eigenvalue weighted by molar-refractivity contribution is -0.155. The summed E-state index contributed by atoms with van der Waals surface area (Å²) in [6, 6.07) is 20.5. The maximum Gasteiger partial charge on any atom is 0.246 e. The summed E-state index contributed by atoms with van der Waals surface area (Å²) in [6.45, 7) is 12.5. The van der Waals surface area contributed by atoms with Gasteiger partial charge in [-0.05, 0) is 97.8 Å². The highest BCUT2D eigenvalue weighted by Crippen LogP contribution is 2.24. The van der Waals surface area contributed by atoms with Gasteiger partial charge in [0.2, 0.25) is 47.3 Å². The van der Waals surface area contributed by atoms with Gasteiger partial charge in [-0.1, -0.05) is 126 Å². The summed E-state index contributed by atoms with van der Waals surface area (Å²) in [6.07, 6.45) is 6.07. The van der Waals surface area contributed by atoms with Crippen molar-refractivity contribution in [2.75, 3.05) is 54.9 Å². The Balaban J connectivity index is 1.58. The molecule has 0 saturated carbocycles. The monoisotopic (exact) mass is 1070 g/mol. The molecule has 5 rings (SSSR count).